The van der Waals surface area contributed by atoms with Gasteiger partial charge in [-0.05, 0) is 25.0 Å². The molecule has 0 radical (unpaired) electrons. The summed E-state index contributed by atoms with van der Waals surface area (Å²) in [5.74, 6) is 0.102. The Bertz CT molecular complexity index is 638. The van der Waals surface area contributed by atoms with Gasteiger partial charge in [-0.2, -0.15) is 5.26 Å². The van der Waals surface area contributed by atoms with Gasteiger partial charge >= 0.3 is 0 Å². The Morgan fingerprint density at radius 3 is 2.43 bits per heavy atom. The zero-order valence-corrected chi connectivity index (χ0v) is 12.3. The van der Waals surface area contributed by atoms with Gasteiger partial charge in [0, 0.05) is 13.1 Å². The fourth-order valence-electron chi connectivity index (χ4n) is 2.17. The Labute approximate surface area is 123 Å². The van der Waals surface area contributed by atoms with Crippen molar-refractivity contribution in [3.05, 3.63) is 35.8 Å². The van der Waals surface area contributed by atoms with Crippen LogP contribution in [0.15, 0.2) is 24.3 Å². The highest BCUT2D eigenvalue weighted by Gasteiger charge is 2.18. The minimum Gasteiger partial charge on any atom is -0.353 e. The quantitative estimate of drug-likeness (QED) is 0.819. The molecule has 21 heavy (non-hydrogen) atoms. The molecule has 0 spiro atoms. The summed E-state index contributed by atoms with van der Waals surface area (Å²) >= 11 is 0. The Kier molecular flexibility index (Phi) is 4.88. The van der Waals surface area contributed by atoms with Gasteiger partial charge < -0.3 is 4.90 Å². The lowest BCUT2D eigenvalue weighted by atomic mass is 10.3. The second-order valence-electron chi connectivity index (χ2n) is 4.71. The van der Waals surface area contributed by atoms with Crippen LogP contribution in [-0.4, -0.2) is 28.1 Å². The maximum Gasteiger partial charge on any atom is 0.207 e. The third kappa shape index (κ3) is 3.19. The predicted octanol–water partition coefficient (Wildman–Crippen LogP) is 2.90. The van der Waals surface area contributed by atoms with E-state index >= 15 is 0 Å². The fourth-order valence-corrected chi connectivity index (χ4v) is 2.17. The number of halogens is 1. The summed E-state index contributed by atoms with van der Waals surface area (Å²) in [6.45, 7) is 5.71. The van der Waals surface area contributed by atoms with E-state index in [-0.39, 0.29) is 11.4 Å². The lowest BCUT2D eigenvalue weighted by Crippen LogP contribution is -2.26. The molecule has 0 atom stereocenters. The van der Waals surface area contributed by atoms with Crippen molar-refractivity contribution in [2.24, 2.45) is 0 Å². The molecule has 0 aliphatic heterocycles. The van der Waals surface area contributed by atoms with Crippen molar-refractivity contribution >= 4 is 5.82 Å². The number of para-hydroxylation sites is 1. The smallest absolute Gasteiger partial charge is 0.207 e. The molecule has 2 rings (SSSR count). The molecule has 0 bridgehead atoms. The first-order valence-electron chi connectivity index (χ1n) is 7.08. The Hall–Kier alpha value is -2.42. The van der Waals surface area contributed by atoms with E-state index in [1.54, 1.807) is 18.2 Å². The number of nitriles is 1. The topological polar surface area (TPSA) is 57.7 Å². The van der Waals surface area contributed by atoms with E-state index in [2.05, 4.69) is 24.0 Å². The van der Waals surface area contributed by atoms with E-state index in [1.807, 2.05) is 11.0 Å². The normalized spacial score (nSPS) is 10.4. The van der Waals surface area contributed by atoms with Crippen LogP contribution in [0.3, 0.4) is 0 Å². The maximum atomic E-state index is 13.8. The van der Waals surface area contributed by atoms with E-state index in [4.69, 9.17) is 0 Å². The molecule has 0 amide bonds. The van der Waals surface area contributed by atoms with E-state index in [9.17, 15) is 9.65 Å². The largest absolute Gasteiger partial charge is 0.353 e. The SMILES string of the molecule is CCCN(CCC)c1nn(-c2ccccc2F)nc1C#N. The van der Waals surface area contributed by atoms with Crippen LogP contribution in [-0.2, 0) is 0 Å². The molecular formula is C15H18FN5. The van der Waals surface area contributed by atoms with Gasteiger partial charge in [-0.1, -0.05) is 26.0 Å². The third-order valence-electron chi connectivity index (χ3n) is 3.06. The second kappa shape index (κ2) is 6.84. The third-order valence-corrected chi connectivity index (χ3v) is 3.06. The molecule has 2 aromatic rings. The zero-order valence-electron chi connectivity index (χ0n) is 12.3. The van der Waals surface area contributed by atoms with Crippen LogP contribution >= 0.6 is 0 Å². The molecule has 0 unspecified atom stereocenters. The molecule has 1 aromatic carbocycles. The average Bonchev–Trinajstić information content (AvgIpc) is 2.91. The predicted molar refractivity (Wildman–Crippen MR) is 78.8 cm³/mol. The Morgan fingerprint density at radius 1 is 1.19 bits per heavy atom. The van der Waals surface area contributed by atoms with E-state index in [0.29, 0.717) is 5.82 Å². The minimum absolute atomic E-state index is 0.222. The first kappa shape index (κ1) is 15.0. The lowest BCUT2D eigenvalue weighted by molar-refractivity contribution is 0.595. The summed E-state index contributed by atoms with van der Waals surface area (Å²) < 4.78 is 13.8. The number of aromatic nitrogens is 3. The molecule has 0 fully saturated rings. The number of nitrogens with zero attached hydrogens (tertiary/aromatic N) is 5. The molecule has 110 valence electrons. The van der Waals surface area contributed by atoms with Gasteiger partial charge in [-0.25, -0.2) is 4.39 Å². The molecule has 0 saturated heterocycles. The van der Waals surface area contributed by atoms with E-state index < -0.39 is 5.82 Å². The van der Waals surface area contributed by atoms with Crippen molar-refractivity contribution in [1.82, 2.24) is 15.0 Å². The van der Waals surface area contributed by atoms with Crippen molar-refractivity contribution in [3.63, 3.8) is 0 Å². The highest BCUT2D eigenvalue weighted by Crippen LogP contribution is 2.19. The molecule has 0 saturated carbocycles. The van der Waals surface area contributed by atoms with Gasteiger partial charge in [0.1, 0.15) is 11.8 Å². The van der Waals surface area contributed by atoms with Gasteiger partial charge in [0.05, 0.1) is 0 Å². The van der Waals surface area contributed by atoms with E-state index in [0.717, 1.165) is 25.9 Å². The Balaban J connectivity index is 2.44. The number of hydrogen-bond acceptors (Lipinski definition) is 4. The van der Waals surface area contributed by atoms with E-state index in [1.165, 1.54) is 10.9 Å². The molecular weight excluding hydrogens is 269 g/mol. The maximum absolute atomic E-state index is 13.8. The Morgan fingerprint density at radius 2 is 1.86 bits per heavy atom. The first-order valence-corrected chi connectivity index (χ1v) is 7.08. The molecule has 0 aliphatic rings. The second-order valence-corrected chi connectivity index (χ2v) is 4.71. The number of hydrogen-bond donors (Lipinski definition) is 0. The van der Waals surface area contributed by atoms with Crippen LogP contribution < -0.4 is 4.90 Å². The summed E-state index contributed by atoms with van der Waals surface area (Å²) in [5, 5.41) is 17.7. The van der Waals surface area contributed by atoms with Gasteiger partial charge in [0.25, 0.3) is 0 Å². The standard InChI is InChI=1S/C15H18FN5/c1-3-9-20(10-4-2)15-13(11-17)18-21(19-15)14-8-6-5-7-12(14)16/h5-8H,3-4,9-10H2,1-2H3. The van der Waals surface area contributed by atoms with Crippen LogP contribution in [0.1, 0.15) is 32.4 Å². The average molecular weight is 287 g/mol. The number of anilines is 1. The highest BCUT2D eigenvalue weighted by atomic mass is 19.1. The summed E-state index contributed by atoms with van der Waals surface area (Å²) in [4.78, 5) is 3.21. The summed E-state index contributed by atoms with van der Waals surface area (Å²) in [6, 6.07) is 8.30. The first-order chi connectivity index (χ1) is 10.2. The van der Waals surface area contributed by atoms with Gasteiger partial charge in [0.2, 0.25) is 5.69 Å². The van der Waals surface area contributed by atoms with Crippen molar-refractivity contribution in [2.45, 2.75) is 26.7 Å². The van der Waals surface area contributed by atoms with Crippen molar-refractivity contribution in [2.75, 3.05) is 18.0 Å². The van der Waals surface area contributed by atoms with Gasteiger partial charge in [-0.15, -0.1) is 15.0 Å². The zero-order chi connectivity index (χ0) is 15.2. The number of rotatable bonds is 6. The molecule has 6 heteroatoms. The van der Waals surface area contributed by atoms with Crippen LogP contribution in [0.25, 0.3) is 5.69 Å². The van der Waals surface area contributed by atoms with Crippen LogP contribution in [0.2, 0.25) is 0 Å². The van der Waals surface area contributed by atoms with Crippen LogP contribution in [0.4, 0.5) is 10.2 Å². The summed E-state index contributed by atoms with van der Waals surface area (Å²) in [5.41, 5.74) is 0.466. The van der Waals surface area contributed by atoms with Crippen molar-refractivity contribution < 1.29 is 4.39 Å². The molecule has 1 heterocycles. The summed E-state index contributed by atoms with van der Waals surface area (Å²) in [6.07, 6.45) is 1.88. The molecule has 0 N–H and O–H groups in total. The fraction of sp³-hybridized carbons (Fsp3) is 0.400. The molecule has 0 aliphatic carbocycles. The minimum atomic E-state index is -0.416. The van der Waals surface area contributed by atoms with Gasteiger partial charge in [0.15, 0.2) is 11.6 Å². The van der Waals surface area contributed by atoms with Crippen molar-refractivity contribution in [1.29, 1.82) is 5.26 Å². The summed E-state index contributed by atoms with van der Waals surface area (Å²) in [7, 11) is 0. The van der Waals surface area contributed by atoms with Crippen molar-refractivity contribution in [3.8, 4) is 11.8 Å². The molecule has 1 aromatic heterocycles. The number of benzene rings is 1. The molecule has 5 nitrogen and oxygen atoms in total. The highest BCUT2D eigenvalue weighted by molar-refractivity contribution is 5.50. The lowest BCUT2D eigenvalue weighted by Gasteiger charge is -2.20. The van der Waals surface area contributed by atoms with Crippen LogP contribution in [0.5, 0.6) is 0 Å². The van der Waals surface area contributed by atoms with Crippen LogP contribution in [0, 0.1) is 17.1 Å². The monoisotopic (exact) mass is 287 g/mol. The van der Waals surface area contributed by atoms with Gasteiger partial charge in [-0.3, -0.25) is 0 Å².